The van der Waals surface area contributed by atoms with Gasteiger partial charge in [0.05, 0.1) is 12.1 Å². The van der Waals surface area contributed by atoms with Crippen LogP contribution in [-0.4, -0.2) is 17.1 Å². The molecule has 0 heterocycles. The lowest BCUT2D eigenvalue weighted by atomic mass is 9.96. The number of aliphatic hydroxyl groups excluding tert-OH is 1. The highest BCUT2D eigenvalue weighted by molar-refractivity contribution is 5.88. The highest BCUT2D eigenvalue weighted by atomic mass is 16.3. The van der Waals surface area contributed by atoms with Gasteiger partial charge in [-0.25, -0.2) is 0 Å². The summed E-state index contributed by atoms with van der Waals surface area (Å²) in [6.07, 6.45) is 3.48. The molecule has 3 heteroatoms. The van der Waals surface area contributed by atoms with Crippen molar-refractivity contribution in [3.05, 3.63) is 47.5 Å². The maximum Gasteiger partial charge on any atom is 0.244 e. The van der Waals surface area contributed by atoms with E-state index in [0.717, 1.165) is 11.1 Å². The van der Waals surface area contributed by atoms with E-state index in [1.54, 1.807) is 6.08 Å². The van der Waals surface area contributed by atoms with Gasteiger partial charge < -0.3 is 10.4 Å². The molecule has 2 atom stereocenters. The molecule has 1 amide bonds. The molecule has 2 rings (SSSR count). The lowest BCUT2D eigenvalue weighted by molar-refractivity contribution is -0.118. The molecule has 1 aliphatic rings. The van der Waals surface area contributed by atoms with Crippen LogP contribution < -0.4 is 5.32 Å². The molecule has 0 aliphatic heterocycles. The fourth-order valence-electron chi connectivity index (χ4n) is 2.27. The van der Waals surface area contributed by atoms with E-state index in [1.165, 1.54) is 0 Å². The first-order valence-electron chi connectivity index (χ1n) is 6.62. The zero-order chi connectivity index (χ0) is 14.0. The van der Waals surface area contributed by atoms with Gasteiger partial charge in [0.1, 0.15) is 0 Å². The average molecular weight is 259 g/mol. The first-order valence-corrected chi connectivity index (χ1v) is 6.62. The topological polar surface area (TPSA) is 49.3 Å². The second-order valence-corrected chi connectivity index (χ2v) is 6.16. The largest absolute Gasteiger partial charge is 0.390 e. The van der Waals surface area contributed by atoms with Crippen LogP contribution in [0.3, 0.4) is 0 Å². The maximum atomic E-state index is 11.9. The Morgan fingerprint density at radius 2 is 2.05 bits per heavy atom. The molecule has 0 unspecified atom stereocenters. The van der Waals surface area contributed by atoms with E-state index in [9.17, 15) is 9.90 Å². The van der Waals surface area contributed by atoms with Crippen molar-refractivity contribution < 1.29 is 9.90 Å². The number of allylic oxidation sites excluding steroid dienone is 1. The van der Waals surface area contributed by atoms with Gasteiger partial charge in [0, 0.05) is 6.42 Å². The molecular formula is C16H21NO2. The van der Waals surface area contributed by atoms with Crippen LogP contribution in [0, 0.1) is 5.41 Å². The lowest BCUT2D eigenvalue weighted by Gasteiger charge is -2.17. The van der Waals surface area contributed by atoms with Crippen molar-refractivity contribution in [2.24, 2.45) is 5.41 Å². The first-order chi connectivity index (χ1) is 8.87. The second kappa shape index (κ2) is 5.17. The second-order valence-electron chi connectivity index (χ2n) is 6.16. The Morgan fingerprint density at radius 3 is 2.74 bits per heavy atom. The summed E-state index contributed by atoms with van der Waals surface area (Å²) in [5.74, 6) is -0.157. The smallest absolute Gasteiger partial charge is 0.244 e. The van der Waals surface area contributed by atoms with Gasteiger partial charge in [0.15, 0.2) is 0 Å². The van der Waals surface area contributed by atoms with E-state index in [1.807, 2.05) is 51.1 Å². The number of hydrogen-bond donors (Lipinski definition) is 2. The fourth-order valence-corrected chi connectivity index (χ4v) is 2.27. The molecule has 19 heavy (non-hydrogen) atoms. The van der Waals surface area contributed by atoms with Gasteiger partial charge in [-0.1, -0.05) is 51.1 Å². The van der Waals surface area contributed by atoms with Gasteiger partial charge in [-0.2, -0.15) is 0 Å². The Morgan fingerprint density at radius 1 is 1.37 bits per heavy atom. The molecule has 0 aromatic heterocycles. The Balaban J connectivity index is 2.08. The van der Waals surface area contributed by atoms with Crippen molar-refractivity contribution >= 4 is 5.91 Å². The van der Waals surface area contributed by atoms with Crippen molar-refractivity contribution in [1.29, 1.82) is 0 Å². The Kier molecular flexibility index (Phi) is 3.76. The van der Waals surface area contributed by atoms with E-state index in [4.69, 9.17) is 0 Å². The van der Waals surface area contributed by atoms with E-state index >= 15 is 0 Å². The van der Waals surface area contributed by atoms with Gasteiger partial charge in [-0.05, 0) is 22.6 Å². The molecule has 0 saturated carbocycles. The third-order valence-electron chi connectivity index (χ3n) is 3.24. The van der Waals surface area contributed by atoms with Crippen LogP contribution in [0.15, 0.2) is 36.4 Å². The van der Waals surface area contributed by atoms with Gasteiger partial charge in [0.2, 0.25) is 5.91 Å². The van der Waals surface area contributed by atoms with E-state index < -0.39 is 6.10 Å². The molecule has 0 radical (unpaired) electrons. The third kappa shape index (κ3) is 3.44. The van der Waals surface area contributed by atoms with Crippen LogP contribution in [0.2, 0.25) is 0 Å². The first kappa shape index (κ1) is 13.8. The molecule has 1 aliphatic carbocycles. The zero-order valence-corrected chi connectivity index (χ0v) is 11.7. The summed E-state index contributed by atoms with van der Waals surface area (Å²) in [6, 6.07) is 7.55. The molecule has 102 valence electrons. The predicted octanol–water partition coefficient (Wildman–Crippen LogP) is 2.36. The molecule has 2 N–H and O–H groups in total. The van der Waals surface area contributed by atoms with Crippen molar-refractivity contribution in [3.8, 4) is 0 Å². The highest BCUT2D eigenvalue weighted by Gasteiger charge is 2.31. The number of amides is 1. The average Bonchev–Trinajstić information content (AvgIpc) is 2.63. The third-order valence-corrected chi connectivity index (χ3v) is 3.24. The minimum absolute atomic E-state index is 0.0243. The molecule has 0 bridgehead atoms. The van der Waals surface area contributed by atoms with E-state index in [2.05, 4.69) is 5.32 Å². The van der Waals surface area contributed by atoms with Crippen LogP contribution >= 0.6 is 0 Å². The summed E-state index contributed by atoms with van der Waals surface area (Å²) < 4.78 is 0. The Bertz CT molecular complexity index is 500. The SMILES string of the molecule is CC(C)(C)/C=C/C(=O)N[C@H]1c2ccccc2C[C@H]1O. The summed E-state index contributed by atoms with van der Waals surface area (Å²) >= 11 is 0. The molecule has 1 aromatic carbocycles. The summed E-state index contributed by atoms with van der Waals surface area (Å²) in [7, 11) is 0. The van der Waals surface area contributed by atoms with E-state index in [0.29, 0.717) is 6.42 Å². The molecule has 0 saturated heterocycles. The van der Waals surface area contributed by atoms with Crippen molar-refractivity contribution in [3.63, 3.8) is 0 Å². The van der Waals surface area contributed by atoms with Gasteiger partial charge in [-0.15, -0.1) is 0 Å². The lowest BCUT2D eigenvalue weighted by Crippen LogP contribution is -2.32. The minimum atomic E-state index is -0.538. The minimum Gasteiger partial charge on any atom is -0.390 e. The van der Waals surface area contributed by atoms with Crippen LogP contribution in [0.25, 0.3) is 0 Å². The standard InChI is InChI=1S/C16H21NO2/c1-16(2,3)9-8-14(19)17-15-12-7-5-4-6-11(12)10-13(15)18/h4-9,13,15,18H,10H2,1-3H3,(H,17,19)/b9-8+/t13-,15+/m1/s1. The number of carbonyl (C=O) groups is 1. The van der Waals surface area contributed by atoms with Crippen LogP contribution in [0.5, 0.6) is 0 Å². The zero-order valence-electron chi connectivity index (χ0n) is 11.7. The van der Waals surface area contributed by atoms with Gasteiger partial charge in [-0.3, -0.25) is 4.79 Å². The Hall–Kier alpha value is -1.61. The summed E-state index contributed by atoms with van der Waals surface area (Å²) in [5, 5.41) is 12.9. The predicted molar refractivity (Wildman–Crippen MR) is 75.6 cm³/mol. The summed E-state index contributed by atoms with van der Waals surface area (Å²) in [5.41, 5.74) is 2.11. The molecule has 1 aromatic rings. The van der Waals surface area contributed by atoms with Crippen LogP contribution in [-0.2, 0) is 11.2 Å². The molecular weight excluding hydrogens is 238 g/mol. The van der Waals surface area contributed by atoms with Crippen molar-refractivity contribution in [2.45, 2.75) is 39.3 Å². The van der Waals surface area contributed by atoms with Gasteiger partial charge >= 0.3 is 0 Å². The molecule has 0 spiro atoms. The summed E-state index contributed by atoms with van der Waals surface area (Å²) in [6.45, 7) is 6.11. The summed E-state index contributed by atoms with van der Waals surface area (Å²) in [4.78, 5) is 11.9. The number of carbonyl (C=O) groups excluding carboxylic acids is 1. The normalized spacial score (nSPS) is 22.5. The number of hydrogen-bond acceptors (Lipinski definition) is 2. The molecule has 3 nitrogen and oxygen atoms in total. The number of rotatable bonds is 2. The Labute approximate surface area is 114 Å². The monoisotopic (exact) mass is 259 g/mol. The molecule has 0 fully saturated rings. The quantitative estimate of drug-likeness (QED) is 0.801. The number of fused-ring (bicyclic) bond motifs is 1. The number of aliphatic hydroxyl groups is 1. The fraction of sp³-hybridized carbons (Fsp3) is 0.438. The van der Waals surface area contributed by atoms with Crippen molar-refractivity contribution in [1.82, 2.24) is 5.32 Å². The van der Waals surface area contributed by atoms with Crippen molar-refractivity contribution in [2.75, 3.05) is 0 Å². The highest BCUT2D eigenvalue weighted by Crippen LogP contribution is 2.31. The van der Waals surface area contributed by atoms with Crippen LogP contribution in [0.1, 0.15) is 37.9 Å². The van der Waals surface area contributed by atoms with E-state index in [-0.39, 0.29) is 17.4 Å². The number of benzene rings is 1. The maximum absolute atomic E-state index is 11.9. The number of nitrogens with one attached hydrogen (secondary N) is 1. The van der Waals surface area contributed by atoms with Gasteiger partial charge in [0.25, 0.3) is 0 Å². The van der Waals surface area contributed by atoms with Crippen LogP contribution in [0.4, 0.5) is 0 Å².